The first-order valence-corrected chi connectivity index (χ1v) is 6.75. The van der Waals surface area contributed by atoms with Crippen molar-refractivity contribution in [2.75, 3.05) is 6.54 Å². The maximum atomic E-state index is 14.2. The van der Waals surface area contributed by atoms with Gasteiger partial charge in [-0.05, 0) is 25.6 Å². The number of nitrogens with one attached hydrogen (secondary N) is 1. The van der Waals surface area contributed by atoms with Crippen molar-refractivity contribution in [1.29, 1.82) is 0 Å². The SMILES string of the molecule is CCNC(c1cccc(Cl)c1F)c1ccnn1CC. The summed E-state index contributed by atoms with van der Waals surface area (Å²) in [6.07, 6.45) is 1.73. The molecule has 0 saturated carbocycles. The van der Waals surface area contributed by atoms with E-state index in [0.29, 0.717) is 5.56 Å². The van der Waals surface area contributed by atoms with E-state index >= 15 is 0 Å². The van der Waals surface area contributed by atoms with Crippen LogP contribution in [-0.4, -0.2) is 16.3 Å². The highest BCUT2D eigenvalue weighted by Crippen LogP contribution is 2.28. The highest BCUT2D eigenvalue weighted by molar-refractivity contribution is 6.30. The molecule has 0 bridgehead atoms. The monoisotopic (exact) mass is 281 g/mol. The van der Waals surface area contributed by atoms with Crippen molar-refractivity contribution in [1.82, 2.24) is 15.1 Å². The van der Waals surface area contributed by atoms with Crippen molar-refractivity contribution >= 4 is 11.6 Å². The van der Waals surface area contributed by atoms with E-state index in [1.54, 1.807) is 24.4 Å². The third-order valence-electron chi connectivity index (χ3n) is 3.05. The Balaban J connectivity index is 2.48. The Bertz CT molecular complexity index is 553. The lowest BCUT2D eigenvalue weighted by Crippen LogP contribution is -2.25. The summed E-state index contributed by atoms with van der Waals surface area (Å²) in [7, 11) is 0. The van der Waals surface area contributed by atoms with Crippen LogP contribution in [0.5, 0.6) is 0 Å². The number of benzene rings is 1. The van der Waals surface area contributed by atoms with Crippen LogP contribution < -0.4 is 5.32 Å². The van der Waals surface area contributed by atoms with Crippen molar-refractivity contribution in [2.45, 2.75) is 26.4 Å². The largest absolute Gasteiger partial charge is 0.305 e. The van der Waals surface area contributed by atoms with Gasteiger partial charge in [0.2, 0.25) is 0 Å². The zero-order valence-electron chi connectivity index (χ0n) is 11.0. The molecular formula is C14H17ClFN3. The molecule has 102 valence electrons. The van der Waals surface area contributed by atoms with E-state index < -0.39 is 0 Å². The molecule has 0 aliphatic heterocycles. The molecule has 0 fully saturated rings. The Morgan fingerprint density at radius 2 is 2.16 bits per heavy atom. The summed E-state index contributed by atoms with van der Waals surface area (Å²) in [6, 6.07) is 6.72. The van der Waals surface area contributed by atoms with Crippen molar-refractivity contribution in [3.63, 3.8) is 0 Å². The average Bonchev–Trinajstić information content (AvgIpc) is 2.88. The molecule has 1 heterocycles. The molecule has 2 rings (SSSR count). The predicted octanol–water partition coefficient (Wildman–Crippen LogP) is 3.39. The Kier molecular flexibility index (Phi) is 4.56. The van der Waals surface area contributed by atoms with E-state index in [9.17, 15) is 4.39 Å². The van der Waals surface area contributed by atoms with E-state index in [-0.39, 0.29) is 16.9 Å². The highest BCUT2D eigenvalue weighted by Gasteiger charge is 2.21. The van der Waals surface area contributed by atoms with E-state index in [1.165, 1.54) is 0 Å². The highest BCUT2D eigenvalue weighted by atomic mass is 35.5. The van der Waals surface area contributed by atoms with Crippen molar-refractivity contribution in [3.8, 4) is 0 Å². The van der Waals surface area contributed by atoms with Crippen molar-refractivity contribution in [2.24, 2.45) is 0 Å². The first kappa shape index (κ1) is 14.0. The van der Waals surface area contributed by atoms with Crippen molar-refractivity contribution < 1.29 is 4.39 Å². The van der Waals surface area contributed by atoms with Crippen LogP contribution in [0.15, 0.2) is 30.5 Å². The summed E-state index contributed by atoms with van der Waals surface area (Å²) >= 11 is 5.87. The van der Waals surface area contributed by atoms with E-state index in [4.69, 9.17) is 11.6 Å². The predicted molar refractivity (Wildman–Crippen MR) is 74.8 cm³/mol. The number of aryl methyl sites for hydroxylation is 1. The summed E-state index contributed by atoms with van der Waals surface area (Å²) in [4.78, 5) is 0. The summed E-state index contributed by atoms with van der Waals surface area (Å²) in [6.45, 7) is 5.47. The molecule has 3 nitrogen and oxygen atoms in total. The number of halogens is 2. The molecule has 0 spiro atoms. The minimum absolute atomic E-state index is 0.142. The quantitative estimate of drug-likeness (QED) is 0.910. The van der Waals surface area contributed by atoms with Gasteiger partial charge in [0, 0.05) is 18.3 Å². The molecule has 5 heteroatoms. The van der Waals surface area contributed by atoms with Crippen LogP contribution >= 0.6 is 11.6 Å². The van der Waals surface area contributed by atoms with Gasteiger partial charge in [0.05, 0.1) is 16.8 Å². The van der Waals surface area contributed by atoms with Gasteiger partial charge in [0.25, 0.3) is 0 Å². The van der Waals surface area contributed by atoms with Gasteiger partial charge in [-0.2, -0.15) is 5.10 Å². The second-order valence-electron chi connectivity index (χ2n) is 4.21. The molecule has 1 aromatic heterocycles. The Morgan fingerprint density at radius 1 is 1.37 bits per heavy atom. The molecule has 1 N–H and O–H groups in total. The van der Waals surface area contributed by atoms with Crippen molar-refractivity contribution in [3.05, 3.63) is 52.6 Å². The molecule has 0 saturated heterocycles. The first-order chi connectivity index (χ1) is 9.19. The molecule has 0 radical (unpaired) electrons. The molecular weight excluding hydrogens is 265 g/mol. The van der Waals surface area contributed by atoms with Gasteiger partial charge in [-0.15, -0.1) is 0 Å². The van der Waals surface area contributed by atoms with Gasteiger partial charge in [0.1, 0.15) is 5.82 Å². The van der Waals surface area contributed by atoms with E-state index in [0.717, 1.165) is 18.8 Å². The van der Waals surface area contributed by atoms with Crippen LogP contribution in [0.3, 0.4) is 0 Å². The molecule has 1 atom stereocenters. The fraction of sp³-hybridized carbons (Fsp3) is 0.357. The van der Waals surface area contributed by atoms with Crippen LogP contribution in [-0.2, 0) is 6.54 Å². The van der Waals surface area contributed by atoms with Crippen LogP contribution in [0.25, 0.3) is 0 Å². The zero-order valence-corrected chi connectivity index (χ0v) is 11.8. The molecule has 1 aromatic carbocycles. The minimum Gasteiger partial charge on any atom is -0.305 e. The summed E-state index contributed by atoms with van der Waals surface area (Å²) in [5.41, 5.74) is 1.48. The maximum Gasteiger partial charge on any atom is 0.146 e. The smallest absolute Gasteiger partial charge is 0.146 e. The minimum atomic E-state index is -0.376. The third kappa shape index (κ3) is 2.80. The molecule has 2 aromatic rings. The number of rotatable bonds is 5. The normalized spacial score (nSPS) is 12.6. The maximum absolute atomic E-state index is 14.2. The zero-order chi connectivity index (χ0) is 13.8. The van der Waals surface area contributed by atoms with Crippen LogP contribution in [0.4, 0.5) is 4.39 Å². The second-order valence-corrected chi connectivity index (χ2v) is 4.61. The molecule has 0 aliphatic rings. The summed E-state index contributed by atoms with van der Waals surface area (Å²) in [5.74, 6) is -0.376. The summed E-state index contributed by atoms with van der Waals surface area (Å²) in [5, 5.41) is 7.66. The number of hydrogen-bond acceptors (Lipinski definition) is 2. The lowest BCUT2D eigenvalue weighted by Gasteiger charge is -2.20. The number of aromatic nitrogens is 2. The molecule has 0 amide bonds. The topological polar surface area (TPSA) is 29.9 Å². The fourth-order valence-electron chi connectivity index (χ4n) is 2.17. The van der Waals surface area contributed by atoms with Gasteiger partial charge in [-0.1, -0.05) is 30.7 Å². The van der Waals surface area contributed by atoms with Crippen LogP contribution in [0, 0.1) is 5.82 Å². The first-order valence-electron chi connectivity index (χ1n) is 6.38. The van der Waals surface area contributed by atoms with Gasteiger partial charge >= 0.3 is 0 Å². The number of nitrogens with zero attached hydrogens (tertiary/aromatic N) is 2. The molecule has 0 aliphatic carbocycles. The Morgan fingerprint density at radius 3 is 2.84 bits per heavy atom. The lowest BCUT2D eigenvalue weighted by atomic mass is 10.0. The third-order valence-corrected chi connectivity index (χ3v) is 3.34. The molecule has 1 unspecified atom stereocenters. The Labute approximate surface area is 117 Å². The van der Waals surface area contributed by atoms with Gasteiger partial charge in [-0.3, -0.25) is 4.68 Å². The standard InChI is InChI=1S/C14H17ClFN3/c1-3-17-14(12-8-9-18-19(12)4-2)10-6-5-7-11(15)13(10)16/h5-9,14,17H,3-4H2,1-2H3. The summed E-state index contributed by atoms with van der Waals surface area (Å²) < 4.78 is 16.1. The fourth-order valence-corrected chi connectivity index (χ4v) is 2.36. The van der Waals surface area contributed by atoms with Crippen LogP contribution in [0.2, 0.25) is 5.02 Å². The van der Waals surface area contributed by atoms with E-state index in [2.05, 4.69) is 10.4 Å². The average molecular weight is 282 g/mol. The number of hydrogen-bond donors (Lipinski definition) is 1. The van der Waals surface area contributed by atoms with Gasteiger partial charge in [-0.25, -0.2) is 4.39 Å². The molecule has 19 heavy (non-hydrogen) atoms. The van der Waals surface area contributed by atoms with E-state index in [1.807, 2.05) is 24.6 Å². The second kappa shape index (κ2) is 6.17. The van der Waals surface area contributed by atoms with Gasteiger partial charge < -0.3 is 5.32 Å². The van der Waals surface area contributed by atoms with Crippen LogP contribution in [0.1, 0.15) is 31.1 Å². The van der Waals surface area contributed by atoms with Gasteiger partial charge in [0.15, 0.2) is 0 Å². The lowest BCUT2D eigenvalue weighted by molar-refractivity contribution is 0.516. The Hall–Kier alpha value is -1.39.